The molecule has 126 valence electrons. The number of halogens is 4. The molecule has 0 spiro atoms. The normalized spacial score (nSPS) is 8.32. The molecule has 22 heavy (non-hydrogen) atoms. The van der Waals surface area contributed by atoms with Crippen molar-refractivity contribution in [2.45, 2.75) is 0 Å². The van der Waals surface area contributed by atoms with Crippen LogP contribution >= 0.6 is 7.82 Å². The van der Waals surface area contributed by atoms with E-state index < -0.39 is 31.7 Å². The summed E-state index contributed by atoms with van der Waals surface area (Å²) in [6.07, 6.45) is 0. The summed E-state index contributed by atoms with van der Waals surface area (Å²) in [4.78, 5) is 68.3. The van der Waals surface area contributed by atoms with E-state index in [9.17, 15) is 37.3 Å². The number of carbonyl (C=O) groups is 4. The molecule has 0 aromatic rings. The van der Waals surface area contributed by atoms with E-state index in [4.69, 9.17) is 19.2 Å². The Balaban J connectivity index is -0.0000000693. The fourth-order valence-corrected chi connectivity index (χ4v) is 0.126. The second-order valence-electron chi connectivity index (χ2n) is 1.97. The van der Waals surface area contributed by atoms with E-state index in [-0.39, 0.29) is 20.3 Å². The molecule has 0 aromatic heterocycles. The molecule has 0 atom stereocenters. The Hall–Kier alpha value is -1.69. The molecule has 12 nitrogen and oxygen atoms in total. The van der Waals surface area contributed by atoms with Crippen molar-refractivity contribution in [3.05, 3.63) is 0 Å². The molecule has 0 radical (unpaired) electrons. The van der Waals surface area contributed by atoms with Gasteiger partial charge < -0.3 is 16.1 Å². The molecule has 0 fully saturated rings. The standard InChI is InChI=1S/2C2F2O4.Li.H3O4P.H/c2*3-7-1(5)2(6)8-4;;1-5(2,3)4;/h;;;(H3,1,2,3,4);/q;;+1;;-1. The topological polar surface area (TPSA) is 183 Å². The largest absolute Gasteiger partial charge is 1.00 e. The fraction of sp³-hybridized carbons (Fsp3) is 0. The summed E-state index contributed by atoms with van der Waals surface area (Å²) in [6, 6.07) is 0. The van der Waals surface area contributed by atoms with Crippen LogP contribution in [0.1, 0.15) is 1.43 Å². The van der Waals surface area contributed by atoms with Gasteiger partial charge in [-0.05, 0) is 0 Å². The first-order chi connectivity index (χ1) is 9.44. The van der Waals surface area contributed by atoms with Crippen molar-refractivity contribution in [3.63, 3.8) is 0 Å². The molecule has 0 amide bonds. The van der Waals surface area contributed by atoms with Gasteiger partial charge >= 0.3 is 50.6 Å². The van der Waals surface area contributed by atoms with E-state index in [1.54, 1.807) is 0 Å². The van der Waals surface area contributed by atoms with Crippen molar-refractivity contribution in [1.82, 2.24) is 0 Å². The molecule has 0 aromatic carbocycles. The van der Waals surface area contributed by atoms with Crippen LogP contribution in [-0.2, 0) is 43.5 Å². The Morgan fingerprint density at radius 2 is 0.773 bits per heavy atom. The predicted molar refractivity (Wildman–Crippen MR) is 44.2 cm³/mol. The Labute approximate surface area is 129 Å². The van der Waals surface area contributed by atoms with Crippen LogP contribution in [-0.4, -0.2) is 38.6 Å². The van der Waals surface area contributed by atoms with E-state index >= 15 is 0 Å². The Morgan fingerprint density at radius 3 is 0.818 bits per heavy atom. The smallest absolute Gasteiger partial charge is 1.00 e. The van der Waals surface area contributed by atoms with Gasteiger partial charge in [0.25, 0.3) is 0 Å². The van der Waals surface area contributed by atoms with Crippen molar-refractivity contribution in [1.29, 1.82) is 0 Å². The Bertz CT molecular complexity index is 352. The maximum Gasteiger partial charge on any atom is 1.00 e. The molecule has 18 heteroatoms. The molecule has 3 N–H and O–H groups in total. The number of rotatable bonds is 0. The third-order valence-corrected chi connectivity index (χ3v) is 0.614. The maximum atomic E-state index is 10.5. The Kier molecular flexibility index (Phi) is 20.3. The van der Waals surface area contributed by atoms with E-state index in [0.29, 0.717) is 0 Å². The molecular weight excluding hydrogens is 354 g/mol. The molecular formula is C4H4F4LiO12P. The summed E-state index contributed by atoms with van der Waals surface area (Å²) in [7, 11) is -4.64. The third-order valence-electron chi connectivity index (χ3n) is 0.614. The van der Waals surface area contributed by atoms with Gasteiger partial charge in [-0.3, -0.25) is 0 Å². The van der Waals surface area contributed by atoms with E-state index in [2.05, 4.69) is 19.8 Å². The summed E-state index contributed by atoms with van der Waals surface area (Å²) in [6.45, 7) is 0. The van der Waals surface area contributed by atoms with Crippen LogP contribution < -0.4 is 18.9 Å². The van der Waals surface area contributed by atoms with Crippen molar-refractivity contribution in [3.8, 4) is 0 Å². The van der Waals surface area contributed by atoms with E-state index in [1.807, 2.05) is 0 Å². The van der Waals surface area contributed by atoms with Crippen molar-refractivity contribution in [2.24, 2.45) is 0 Å². The third kappa shape index (κ3) is 26.8. The minimum atomic E-state index is -4.64. The van der Waals surface area contributed by atoms with Crippen LogP contribution in [0.4, 0.5) is 18.1 Å². The van der Waals surface area contributed by atoms with Gasteiger partial charge in [0.15, 0.2) is 0 Å². The van der Waals surface area contributed by atoms with Crippen LogP contribution in [0.3, 0.4) is 0 Å². The zero-order chi connectivity index (χ0) is 17.6. The van der Waals surface area contributed by atoms with Gasteiger partial charge in [0.2, 0.25) is 0 Å². The maximum absolute atomic E-state index is 10.5. The molecule has 0 rings (SSSR count). The van der Waals surface area contributed by atoms with Crippen LogP contribution in [0.25, 0.3) is 0 Å². The SMILES string of the molecule is O=C(OF)C(=O)OF.O=C(OF)C(=O)OF.O=P(O)(O)O.[H-].[Li+]. The zero-order valence-corrected chi connectivity index (χ0v) is 10.9. The van der Waals surface area contributed by atoms with Crippen LogP contribution in [0.2, 0.25) is 0 Å². The second-order valence-corrected chi connectivity index (χ2v) is 3.00. The summed E-state index contributed by atoms with van der Waals surface area (Å²) < 4.78 is 50.9. The monoisotopic (exact) mass is 358 g/mol. The molecule has 0 heterocycles. The first kappa shape index (κ1) is 28.5. The van der Waals surface area contributed by atoms with Crippen molar-refractivity contribution in [2.75, 3.05) is 0 Å². The molecule has 0 saturated heterocycles. The average molecular weight is 358 g/mol. The van der Waals surface area contributed by atoms with Crippen molar-refractivity contribution >= 4 is 31.7 Å². The molecule has 0 bridgehead atoms. The first-order valence-electron chi connectivity index (χ1n) is 3.53. The van der Waals surface area contributed by atoms with Gasteiger partial charge in [0, 0.05) is 18.1 Å². The quantitative estimate of drug-likeness (QED) is 0.165. The second kappa shape index (κ2) is 15.7. The van der Waals surface area contributed by atoms with Gasteiger partial charge in [-0.25, -0.2) is 43.5 Å². The number of hydrogen-bond acceptors (Lipinski definition) is 9. The van der Waals surface area contributed by atoms with Crippen LogP contribution in [0, 0.1) is 0 Å². The zero-order valence-electron chi connectivity index (χ0n) is 11.0. The van der Waals surface area contributed by atoms with Gasteiger partial charge in [0.1, 0.15) is 0 Å². The van der Waals surface area contributed by atoms with Gasteiger partial charge in [-0.15, -0.1) is 0 Å². The molecule has 0 saturated carbocycles. The molecule has 0 aliphatic rings. The number of hydrogen-bond donors (Lipinski definition) is 3. The average Bonchev–Trinajstić information content (AvgIpc) is 2.42. The molecule has 0 aliphatic heterocycles. The fourth-order valence-electron chi connectivity index (χ4n) is 0.126. The van der Waals surface area contributed by atoms with Gasteiger partial charge in [0.05, 0.1) is 0 Å². The number of phosphoric acid groups is 1. The molecule has 0 aliphatic carbocycles. The van der Waals surface area contributed by atoms with Gasteiger partial charge in [-0.1, -0.05) is 0 Å². The predicted octanol–water partition coefficient (Wildman–Crippen LogP) is -4.13. The van der Waals surface area contributed by atoms with Crippen LogP contribution in [0.5, 0.6) is 0 Å². The summed E-state index contributed by atoms with van der Waals surface area (Å²) >= 11 is 0. The van der Waals surface area contributed by atoms with E-state index in [1.165, 1.54) is 0 Å². The number of carbonyl (C=O) groups excluding carboxylic acids is 4. The van der Waals surface area contributed by atoms with Gasteiger partial charge in [-0.2, -0.15) is 0 Å². The Morgan fingerprint density at radius 1 is 0.682 bits per heavy atom. The minimum absolute atomic E-state index is 0. The minimum Gasteiger partial charge on any atom is -1.00 e. The van der Waals surface area contributed by atoms with Crippen molar-refractivity contribution < 1.29 is 96.6 Å². The summed E-state index contributed by atoms with van der Waals surface area (Å²) in [5, 5.41) is 0. The van der Waals surface area contributed by atoms with E-state index in [0.717, 1.165) is 0 Å². The van der Waals surface area contributed by atoms with Crippen LogP contribution in [0.15, 0.2) is 0 Å². The first-order valence-corrected chi connectivity index (χ1v) is 5.10. The summed E-state index contributed by atoms with van der Waals surface area (Å²) in [5.41, 5.74) is 0. The molecule has 0 unspecified atom stereocenters. The summed E-state index contributed by atoms with van der Waals surface area (Å²) in [5.74, 6) is -8.08.